The van der Waals surface area contributed by atoms with E-state index in [0.717, 1.165) is 34.1 Å². The zero-order valence-corrected chi connectivity index (χ0v) is 92.0. The zero-order valence-electron chi connectivity index (χ0n) is 92.0. The van der Waals surface area contributed by atoms with Gasteiger partial charge in [0, 0.05) is 55.8 Å². The molecule has 20 rings (SSSR count). The smallest absolute Gasteiger partial charge is 0.0474 e. The first-order valence-electron chi connectivity index (χ1n) is 52.6. The Bertz CT molecular complexity index is 7370. The second-order valence-corrected chi connectivity index (χ2v) is 52.5. The fraction of sp³-hybridized carbons (Fsp3) is 0.329. The first kappa shape index (κ1) is 104. The lowest BCUT2D eigenvalue weighted by Gasteiger charge is -2.29. The van der Waals surface area contributed by atoms with Crippen LogP contribution >= 0.6 is 0 Å². The normalized spacial score (nSPS) is 14.5. The molecule has 16 aromatic rings. The van der Waals surface area contributed by atoms with Gasteiger partial charge in [0.25, 0.3) is 0 Å². The van der Waals surface area contributed by atoms with Crippen LogP contribution in [0.5, 0.6) is 0 Å². The molecular formula is C143H160N2. The number of anilines is 6. The summed E-state index contributed by atoms with van der Waals surface area (Å²) >= 11 is 0. The van der Waals surface area contributed by atoms with Gasteiger partial charge in [-0.05, 0) is 359 Å². The molecule has 2 nitrogen and oxygen atoms in total. The molecule has 2 heteroatoms. The molecule has 16 aromatic carbocycles. The fourth-order valence-corrected chi connectivity index (χ4v) is 23.1. The van der Waals surface area contributed by atoms with Gasteiger partial charge in [-0.2, -0.15) is 0 Å². The van der Waals surface area contributed by atoms with E-state index in [9.17, 15) is 0 Å². The Morgan fingerprint density at radius 3 is 0.538 bits per heavy atom. The molecule has 0 aromatic heterocycles. The number of fused-ring (bicyclic) bond motifs is 12. The molecule has 0 saturated heterocycles. The van der Waals surface area contributed by atoms with Crippen LogP contribution in [0.3, 0.4) is 0 Å². The summed E-state index contributed by atoms with van der Waals surface area (Å²) in [4.78, 5) is 4.95. The van der Waals surface area contributed by atoms with E-state index in [1.54, 1.807) is 0 Å². The molecule has 0 bridgehead atoms. The summed E-state index contributed by atoms with van der Waals surface area (Å²) in [6.45, 7) is 76.9. The minimum atomic E-state index is -0.153. The van der Waals surface area contributed by atoms with Crippen LogP contribution in [0.15, 0.2) is 322 Å². The van der Waals surface area contributed by atoms with Crippen molar-refractivity contribution in [2.75, 3.05) is 9.80 Å². The third kappa shape index (κ3) is 19.0. The van der Waals surface area contributed by atoms with Gasteiger partial charge >= 0.3 is 0 Å². The Morgan fingerprint density at radius 2 is 0.310 bits per heavy atom. The van der Waals surface area contributed by atoms with Crippen LogP contribution < -0.4 is 9.80 Å². The minimum absolute atomic E-state index is 0. The van der Waals surface area contributed by atoms with Crippen LogP contribution in [0, 0.1) is 6.92 Å². The van der Waals surface area contributed by atoms with E-state index < -0.39 is 0 Å². The average molecular weight is 1910 g/mol. The van der Waals surface area contributed by atoms with Crippen LogP contribution in [0.25, 0.3) is 111 Å². The van der Waals surface area contributed by atoms with Gasteiger partial charge in [0.05, 0.1) is 0 Å². The highest BCUT2D eigenvalue weighted by atomic mass is 15.1. The first-order valence-corrected chi connectivity index (χ1v) is 52.6. The number of hydrogen-bond donors (Lipinski definition) is 0. The number of rotatable bonds is 12. The molecular weight excluding hydrogens is 1750 g/mol. The number of hydrogen-bond acceptors (Lipinski definition) is 2. The molecule has 742 valence electrons. The summed E-state index contributed by atoms with van der Waals surface area (Å²) < 4.78 is 0. The van der Waals surface area contributed by atoms with Gasteiger partial charge in [-0.15, -0.1) is 0 Å². The van der Waals surface area contributed by atoms with E-state index in [4.69, 9.17) is 0 Å². The minimum Gasteiger partial charge on any atom is -0.310 e. The lowest BCUT2D eigenvalue weighted by molar-refractivity contribution is 0.584. The third-order valence-corrected chi connectivity index (χ3v) is 32.7. The summed E-state index contributed by atoms with van der Waals surface area (Å²) in [5.41, 5.74) is 55.6. The van der Waals surface area contributed by atoms with Crippen molar-refractivity contribution in [3.8, 4) is 111 Å². The van der Waals surface area contributed by atoms with Crippen LogP contribution in [0.2, 0.25) is 0 Å². The maximum Gasteiger partial charge on any atom is 0.0474 e. The van der Waals surface area contributed by atoms with Gasteiger partial charge in [0.2, 0.25) is 0 Å². The van der Waals surface area contributed by atoms with Crippen molar-refractivity contribution in [1.82, 2.24) is 0 Å². The third-order valence-electron chi connectivity index (χ3n) is 32.7. The summed E-state index contributed by atoms with van der Waals surface area (Å²) in [7, 11) is 0. The Balaban J connectivity index is 0.000000196. The lowest BCUT2D eigenvalue weighted by Crippen LogP contribution is -2.18. The number of nitrogens with zero attached hydrogens (tertiary/aromatic N) is 2. The van der Waals surface area contributed by atoms with Crippen molar-refractivity contribution < 1.29 is 0 Å². The van der Waals surface area contributed by atoms with E-state index in [1.807, 2.05) is 0 Å². The maximum atomic E-state index is 2.51. The van der Waals surface area contributed by atoms with Crippen LogP contribution in [0.1, 0.15) is 331 Å². The summed E-state index contributed by atoms with van der Waals surface area (Å²) in [5.74, 6) is 0. The van der Waals surface area contributed by atoms with E-state index >= 15 is 0 Å². The van der Waals surface area contributed by atoms with Crippen molar-refractivity contribution in [3.63, 3.8) is 0 Å². The van der Waals surface area contributed by atoms with Gasteiger partial charge in [-0.3, -0.25) is 0 Å². The Morgan fingerprint density at radius 1 is 0.145 bits per heavy atom. The molecule has 4 aliphatic rings. The summed E-state index contributed by atoms with van der Waals surface area (Å²) in [5, 5.41) is 0. The van der Waals surface area contributed by atoms with Crippen molar-refractivity contribution in [1.29, 1.82) is 0 Å². The molecule has 0 N–H and O–H groups in total. The van der Waals surface area contributed by atoms with Crippen molar-refractivity contribution >= 4 is 34.1 Å². The second kappa shape index (κ2) is 36.4. The maximum absolute atomic E-state index is 2.51. The Hall–Kier alpha value is -12.9. The van der Waals surface area contributed by atoms with E-state index in [1.165, 1.54) is 206 Å². The molecule has 0 atom stereocenters. The summed E-state index contributed by atoms with van der Waals surface area (Å²) in [6, 6.07) is 125. The number of benzene rings is 16. The lowest BCUT2D eigenvalue weighted by atomic mass is 9.78. The molecule has 4 aliphatic carbocycles. The quantitative estimate of drug-likeness (QED) is 0.120. The van der Waals surface area contributed by atoms with Crippen LogP contribution in [-0.4, -0.2) is 0 Å². The zero-order chi connectivity index (χ0) is 102. The molecule has 0 aliphatic heterocycles. The molecule has 0 unspecified atom stereocenters. The highest BCUT2D eigenvalue weighted by Crippen LogP contribution is 2.59. The van der Waals surface area contributed by atoms with Crippen molar-refractivity contribution in [2.24, 2.45) is 0 Å². The highest BCUT2D eigenvalue weighted by molar-refractivity contribution is 5.95. The molecule has 0 saturated carbocycles. The topological polar surface area (TPSA) is 6.48 Å². The molecule has 145 heavy (non-hydrogen) atoms. The summed E-state index contributed by atoms with van der Waals surface area (Å²) in [6.07, 6.45) is 0. The monoisotopic (exact) mass is 1910 g/mol. The van der Waals surface area contributed by atoms with Gasteiger partial charge in [0.15, 0.2) is 0 Å². The molecule has 0 amide bonds. The van der Waals surface area contributed by atoms with Gasteiger partial charge in [0.1, 0.15) is 0 Å². The van der Waals surface area contributed by atoms with Crippen molar-refractivity contribution in [2.45, 2.75) is 308 Å². The first-order chi connectivity index (χ1) is 66.8. The highest BCUT2D eigenvalue weighted by Gasteiger charge is 2.43. The largest absolute Gasteiger partial charge is 0.310 e. The molecule has 0 heterocycles. The predicted molar refractivity (Wildman–Crippen MR) is 633 cm³/mol. The van der Waals surface area contributed by atoms with Crippen LogP contribution in [-0.2, 0) is 65.0 Å². The Labute approximate surface area is 873 Å². The van der Waals surface area contributed by atoms with E-state index in [0.29, 0.717) is 0 Å². The van der Waals surface area contributed by atoms with Crippen molar-refractivity contribution in [3.05, 3.63) is 416 Å². The van der Waals surface area contributed by atoms with Crippen LogP contribution in [0.4, 0.5) is 34.1 Å². The van der Waals surface area contributed by atoms with Gasteiger partial charge in [-0.25, -0.2) is 0 Å². The van der Waals surface area contributed by atoms with E-state index in [2.05, 4.69) is 560 Å². The standard InChI is InChI=1S/C71H77N.C70H75N.2CH4/c1-44-60(47-22-34-56-58-36-28-51(68(8,9)10)40-64(58)70(14,15)62(56)38-47)42-55(43-61(44)48-23-35-57-59-37-29-52(69(11,12)13)41-65(59)71(16,17)63(57)39-48)72(54-32-26-50(27-33-54)67(5,6)7)53-30-20-46(21-31-53)45-18-24-49(25-19-45)66(2,3)4;1-65(2,3)50-23-17-44(18-24-50)45-19-29-54(30-20-45)71(55-31-25-51(26-32-55)66(4,5)6)56-38-48(46-21-33-57-59-35-27-52(67(7,8)9)42-63(59)69(13,14)61(57)40-46)37-49(39-56)47-22-34-58-60-36-28-53(68(10,11)12)43-64(60)70(15,16)62(58)41-47;;/h18-43H,1-17H3;17-43H,1-16H3;2*1H4. The van der Waals surface area contributed by atoms with Gasteiger partial charge in [-0.1, -0.05) is 455 Å². The van der Waals surface area contributed by atoms with E-state index in [-0.39, 0.29) is 79.8 Å². The fourth-order valence-electron chi connectivity index (χ4n) is 23.1. The van der Waals surface area contributed by atoms with Gasteiger partial charge < -0.3 is 9.80 Å². The second-order valence-electron chi connectivity index (χ2n) is 52.5. The Kier molecular flexibility index (Phi) is 26.0. The molecule has 0 fully saturated rings. The molecule has 0 spiro atoms. The SMILES string of the molecule is C.C.CC(C)(C)c1ccc(-c2ccc(N(c3ccc(C(C)(C)C)cc3)c3cc(-c4ccc5c(c4)C(C)(C)c4cc(C(C)(C)C)ccc4-5)cc(-c4ccc5c(c4)C(C)(C)c4cc(C(C)(C)C)ccc4-5)c3)cc2)cc1.Cc1c(-c2ccc3c(c2)C(C)(C)c2cc(C(C)(C)C)ccc2-3)cc(N(c2ccc(-c3ccc(C(C)(C)C)cc3)cc2)c2ccc(C(C)(C)C)cc2)cc1-c1ccc2c(c1)C(C)(C)c1cc(C(C)(C)C)ccc1-2. The molecule has 0 radical (unpaired) electrons. The average Bonchev–Trinajstić information content (AvgIpc) is 1.61. The predicted octanol–water partition coefficient (Wildman–Crippen LogP) is 41.5.